The number of hydrogen-bond acceptors (Lipinski definition) is 7. The molecule has 0 atom stereocenters. The van der Waals surface area contributed by atoms with Gasteiger partial charge in [0.1, 0.15) is 16.3 Å². The van der Waals surface area contributed by atoms with E-state index in [0.29, 0.717) is 11.6 Å². The van der Waals surface area contributed by atoms with Crippen molar-refractivity contribution in [3.8, 4) is 0 Å². The van der Waals surface area contributed by atoms with Crippen molar-refractivity contribution in [2.45, 2.75) is 13.3 Å². The van der Waals surface area contributed by atoms with Crippen LogP contribution in [-0.4, -0.2) is 21.0 Å². The van der Waals surface area contributed by atoms with Gasteiger partial charge < -0.3 is 5.73 Å². The molecule has 0 saturated carbocycles. The molecule has 2 aromatic rings. The van der Waals surface area contributed by atoms with E-state index in [9.17, 15) is 14.9 Å². The number of nitrogen functional groups attached to an aromatic ring is 1. The van der Waals surface area contributed by atoms with Crippen molar-refractivity contribution in [2.24, 2.45) is 0 Å². The fourth-order valence-corrected chi connectivity index (χ4v) is 2.23. The third kappa shape index (κ3) is 2.72. The number of nitrogens with two attached hydrogens (primary N) is 1. The summed E-state index contributed by atoms with van der Waals surface area (Å²) in [4.78, 5) is 22.3. The van der Waals surface area contributed by atoms with Crippen LogP contribution >= 0.6 is 11.3 Å². The molecule has 0 unspecified atom stereocenters. The van der Waals surface area contributed by atoms with Crippen molar-refractivity contribution >= 4 is 33.8 Å². The molecule has 20 heavy (non-hydrogen) atoms. The second kappa shape index (κ2) is 5.61. The molecule has 8 nitrogen and oxygen atoms in total. The number of carbonyl (C=O) groups is 1. The van der Waals surface area contributed by atoms with E-state index in [-0.39, 0.29) is 11.3 Å². The summed E-state index contributed by atoms with van der Waals surface area (Å²) in [5.74, 6) is -0.636. The topological polar surface area (TPSA) is 124 Å². The molecular formula is C11H11N5O3S. The minimum Gasteiger partial charge on any atom is -0.393 e. The summed E-state index contributed by atoms with van der Waals surface area (Å²) in [7, 11) is 0. The van der Waals surface area contributed by atoms with E-state index in [1.807, 2.05) is 6.92 Å². The van der Waals surface area contributed by atoms with E-state index >= 15 is 0 Å². The Hall–Kier alpha value is -2.55. The van der Waals surface area contributed by atoms with Gasteiger partial charge in [0.25, 0.3) is 5.91 Å². The van der Waals surface area contributed by atoms with Gasteiger partial charge in [-0.15, -0.1) is 10.2 Å². The van der Waals surface area contributed by atoms with E-state index in [4.69, 9.17) is 5.73 Å². The van der Waals surface area contributed by atoms with Crippen molar-refractivity contribution < 1.29 is 9.72 Å². The lowest BCUT2D eigenvalue weighted by Gasteiger charge is -2.04. The average molecular weight is 293 g/mol. The smallest absolute Gasteiger partial charge is 0.304 e. The van der Waals surface area contributed by atoms with Crippen LogP contribution in [0, 0.1) is 10.1 Å². The zero-order chi connectivity index (χ0) is 14.7. The van der Waals surface area contributed by atoms with Crippen LogP contribution < -0.4 is 11.1 Å². The van der Waals surface area contributed by atoms with Crippen LogP contribution in [0.1, 0.15) is 22.3 Å². The summed E-state index contributed by atoms with van der Waals surface area (Å²) in [5, 5.41) is 22.1. The van der Waals surface area contributed by atoms with Gasteiger partial charge in [-0.25, -0.2) is 0 Å². The Bertz CT molecular complexity index is 670. The first kappa shape index (κ1) is 13.9. The minimum atomic E-state index is -0.679. The fraction of sp³-hybridized carbons (Fsp3) is 0.182. The second-order valence-corrected chi connectivity index (χ2v) is 4.87. The Labute approximate surface area is 117 Å². The molecule has 1 heterocycles. The standard InChI is InChI=1S/C11H11N5O3S/c1-2-8-14-15-11(20-8)13-10(17)6-4-3-5-7(12)9(6)16(18)19/h3-5H,2,12H2,1H3,(H,13,15,17). The molecule has 2 rings (SSSR count). The SMILES string of the molecule is CCc1nnc(NC(=O)c2cccc(N)c2[N+](=O)[O-])s1. The molecule has 3 N–H and O–H groups in total. The van der Waals surface area contributed by atoms with Crippen molar-refractivity contribution in [1.29, 1.82) is 0 Å². The van der Waals surface area contributed by atoms with Crippen molar-refractivity contribution in [3.05, 3.63) is 38.9 Å². The van der Waals surface area contributed by atoms with Crippen LogP contribution in [0.15, 0.2) is 18.2 Å². The maximum Gasteiger partial charge on any atom is 0.304 e. The number of aromatic nitrogens is 2. The normalized spacial score (nSPS) is 10.2. The molecule has 0 saturated heterocycles. The van der Waals surface area contributed by atoms with Gasteiger partial charge in [0.05, 0.1) is 4.92 Å². The minimum absolute atomic E-state index is 0.0610. The van der Waals surface area contributed by atoms with Gasteiger partial charge in [0, 0.05) is 0 Å². The number of nitrogens with one attached hydrogen (secondary N) is 1. The number of carbonyl (C=O) groups excluding carboxylic acids is 1. The summed E-state index contributed by atoms with van der Waals surface area (Å²) in [6.07, 6.45) is 0.700. The van der Waals surface area contributed by atoms with Crippen LogP contribution in [-0.2, 0) is 6.42 Å². The lowest BCUT2D eigenvalue weighted by molar-refractivity contribution is -0.384. The maximum absolute atomic E-state index is 12.1. The lowest BCUT2D eigenvalue weighted by Crippen LogP contribution is -2.14. The molecular weight excluding hydrogens is 282 g/mol. The third-order valence-electron chi connectivity index (χ3n) is 2.48. The predicted molar refractivity (Wildman–Crippen MR) is 74.7 cm³/mol. The van der Waals surface area contributed by atoms with E-state index in [1.165, 1.54) is 29.5 Å². The first-order chi connectivity index (χ1) is 9.52. The summed E-state index contributed by atoms with van der Waals surface area (Å²) in [6.45, 7) is 1.91. The number of para-hydroxylation sites is 1. The summed E-state index contributed by atoms with van der Waals surface area (Å²) in [5.41, 5.74) is 4.95. The van der Waals surface area contributed by atoms with Gasteiger partial charge in [-0.2, -0.15) is 0 Å². The Morgan fingerprint density at radius 2 is 2.25 bits per heavy atom. The van der Waals surface area contributed by atoms with Crippen LogP contribution in [0.2, 0.25) is 0 Å². The van der Waals surface area contributed by atoms with Crippen molar-refractivity contribution in [3.63, 3.8) is 0 Å². The average Bonchev–Trinajstić information content (AvgIpc) is 2.85. The molecule has 0 radical (unpaired) electrons. The first-order valence-electron chi connectivity index (χ1n) is 5.69. The van der Waals surface area contributed by atoms with Crippen molar-refractivity contribution in [1.82, 2.24) is 10.2 Å². The molecule has 1 aromatic carbocycles. The van der Waals surface area contributed by atoms with Crippen molar-refractivity contribution in [2.75, 3.05) is 11.1 Å². The quantitative estimate of drug-likeness (QED) is 0.503. The van der Waals surface area contributed by atoms with E-state index in [2.05, 4.69) is 15.5 Å². The molecule has 0 aliphatic heterocycles. The van der Waals surface area contributed by atoms with Gasteiger partial charge in [0.2, 0.25) is 5.13 Å². The number of aryl methyl sites for hydroxylation is 1. The molecule has 0 aliphatic carbocycles. The predicted octanol–water partition coefficient (Wildman–Crippen LogP) is 1.84. The Morgan fingerprint density at radius 3 is 2.85 bits per heavy atom. The molecule has 1 amide bonds. The van der Waals surface area contributed by atoms with E-state index < -0.39 is 16.5 Å². The van der Waals surface area contributed by atoms with Crippen LogP contribution in [0.4, 0.5) is 16.5 Å². The highest BCUT2D eigenvalue weighted by molar-refractivity contribution is 7.15. The summed E-state index contributed by atoms with van der Waals surface area (Å²) in [6, 6.07) is 4.19. The van der Waals surface area contributed by atoms with Gasteiger partial charge in [-0.3, -0.25) is 20.2 Å². The van der Waals surface area contributed by atoms with Crippen LogP contribution in [0.5, 0.6) is 0 Å². The number of rotatable bonds is 4. The molecule has 0 aliphatic rings. The number of nitro benzene ring substituents is 1. The van der Waals surface area contributed by atoms with Gasteiger partial charge >= 0.3 is 5.69 Å². The van der Waals surface area contributed by atoms with Gasteiger partial charge in [-0.05, 0) is 18.6 Å². The molecule has 0 fully saturated rings. The highest BCUT2D eigenvalue weighted by Crippen LogP contribution is 2.27. The largest absolute Gasteiger partial charge is 0.393 e. The Balaban J connectivity index is 2.29. The third-order valence-corrected chi connectivity index (χ3v) is 3.47. The number of anilines is 2. The number of amides is 1. The van der Waals surface area contributed by atoms with E-state index in [0.717, 1.165) is 5.01 Å². The fourth-order valence-electron chi connectivity index (χ4n) is 1.56. The zero-order valence-corrected chi connectivity index (χ0v) is 11.3. The number of benzene rings is 1. The molecule has 0 spiro atoms. The lowest BCUT2D eigenvalue weighted by atomic mass is 10.1. The Morgan fingerprint density at radius 1 is 1.50 bits per heavy atom. The van der Waals surface area contributed by atoms with Gasteiger partial charge in [0.15, 0.2) is 0 Å². The Kier molecular flexibility index (Phi) is 3.89. The van der Waals surface area contributed by atoms with Gasteiger partial charge in [-0.1, -0.05) is 24.3 Å². The highest BCUT2D eigenvalue weighted by atomic mass is 32.1. The molecule has 104 valence electrons. The molecule has 0 bridgehead atoms. The second-order valence-electron chi connectivity index (χ2n) is 3.81. The highest BCUT2D eigenvalue weighted by Gasteiger charge is 2.23. The summed E-state index contributed by atoms with van der Waals surface area (Å²) >= 11 is 1.22. The van der Waals surface area contributed by atoms with E-state index in [1.54, 1.807) is 0 Å². The maximum atomic E-state index is 12.1. The zero-order valence-electron chi connectivity index (χ0n) is 10.5. The number of hydrogen-bond donors (Lipinski definition) is 2. The van der Waals surface area contributed by atoms with Crippen LogP contribution in [0.3, 0.4) is 0 Å². The summed E-state index contributed by atoms with van der Waals surface area (Å²) < 4.78 is 0. The number of nitro groups is 1. The number of nitrogens with zero attached hydrogens (tertiary/aromatic N) is 3. The molecule has 9 heteroatoms. The van der Waals surface area contributed by atoms with Crippen LogP contribution in [0.25, 0.3) is 0 Å². The first-order valence-corrected chi connectivity index (χ1v) is 6.51. The monoisotopic (exact) mass is 293 g/mol. The molecule has 1 aromatic heterocycles.